The molecule has 0 atom stereocenters. The Balaban J connectivity index is 1.40. The van der Waals surface area contributed by atoms with E-state index in [9.17, 15) is 0 Å². The molecule has 1 aliphatic heterocycles. The Kier molecular flexibility index (Phi) is 5.65. The molecule has 2 aromatic heterocycles. The molecule has 4 aromatic rings. The summed E-state index contributed by atoms with van der Waals surface area (Å²) < 4.78 is 7.99. The van der Waals surface area contributed by atoms with Crippen molar-refractivity contribution in [2.45, 2.75) is 32.3 Å². The lowest BCUT2D eigenvalue weighted by Gasteiger charge is -2.11. The molecule has 2 aromatic carbocycles. The zero-order valence-electron chi connectivity index (χ0n) is 17.5. The molecule has 0 spiro atoms. The Morgan fingerprint density at radius 3 is 2.55 bits per heavy atom. The van der Waals surface area contributed by atoms with E-state index in [1.54, 1.807) is 0 Å². The van der Waals surface area contributed by atoms with Crippen LogP contribution in [0.4, 0.5) is 5.82 Å². The third-order valence-corrected chi connectivity index (χ3v) is 5.62. The fraction of sp³-hybridized carbons (Fsp3) is 0.231. The van der Waals surface area contributed by atoms with Crippen LogP contribution in [0, 0.1) is 0 Å². The molecule has 0 amide bonds. The molecular formula is C26H26N4O. The van der Waals surface area contributed by atoms with Crippen molar-refractivity contribution in [3.05, 3.63) is 102 Å². The fourth-order valence-corrected chi connectivity index (χ4v) is 4.00. The largest absolute Gasteiger partial charge is 0.489 e. The van der Waals surface area contributed by atoms with Gasteiger partial charge in [-0.05, 0) is 61.2 Å². The lowest BCUT2D eigenvalue weighted by molar-refractivity contribution is 0.306. The van der Waals surface area contributed by atoms with E-state index in [0.29, 0.717) is 6.61 Å². The normalized spacial score (nSPS) is 13.2. The van der Waals surface area contributed by atoms with Crippen LogP contribution < -0.4 is 10.1 Å². The van der Waals surface area contributed by atoms with Gasteiger partial charge in [0.1, 0.15) is 18.2 Å². The number of pyridine rings is 1. The van der Waals surface area contributed by atoms with Gasteiger partial charge in [-0.15, -0.1) is 0 Å². The third kappa shape index (κ3) is 4.45. The summed E-state index contributed by atoms with van der Waals surface area (Å²) in [4.78, 5) is 4.50. The first-order chi connectivity index (χ1) is 15.4. The Bertz CT molecular complexity index is 1120. The van der Waals surface area contributed by atoms with Crippen molar-refractivity contribution in [2.75, 3.05) is 11.9 Å². The Hall–Kier alpha value is -3.60. The van der Waals surface area contributed by atoms with Crippen LogP contribution in [0.1, 0.15) is 35.4 Å². The topological polar surface area (TPSA) is 52.0 Å². The predicted molar refractivity (Wildman–Crippen MR) is 123 cm³/mol. The number of nitrogens with one attached hydrogen (secondary N) is 1. The van der Waals surface area contributed by atoms with Gasteiger partial charge in [0.2, 0.25) is 0 Å². The second-order valence-electron chi connectivity index (χ2n) is 7.84. The maximum absolute atomic E-state index is 5.95. The Morgan fingerprint density at radius 1 is 0.903 bits per heavy atom. The molecule has 5 heteroatoms. The summed E-state index contributed by atoms with van der Waals surface area (Å²) >= 11 is 0. The lowest BCUT2D eigenvalue weighted by atomic mass is 10.1. The summed E-state index contributed by atoms with van der Waals surface area (Å²) in [6.45, 7) is 1.53. The molecule has 0 saturated carbocycles. The van der Waals surface area contributed by atoms with Crippen LogP contribution >= 0.6 is 0 Å². The number of hydrogen-bond acceptors (Lipinski definition) is 4. The van der Waals surface area contributed by atoms with Crippen LogP contribution in [0.15, 0.2) is 79.0 Å². The third-order valence-electron chi connectivity index (χ3n) is 5.62. The van der Waals surface area contributed by atoms with Gasteiger partial charge in [0.15, 0.2) is 0 Å². The highest BCUT2D eigenvalue weighted by molar-refractivity contribution is 5.55. The maximum Gasteiger partial charge on any atom is 0.133 e. The zero-order chi connectivity index (χ0) is 20.9. The molecule has 0 unspecified atom stereocenters. The molecule has 0 bridgehead atoms. The molecule has 3 heterocycles. The minimum atomic E-state index is 0.563. The molecule has 5 rings (SSSR count). The first kappa shape index (κ1) is 19.4. The van der Waals surface area contributed by atoms with Crippen LogP contribution in [-0.2, 0) is 19.4 Å². The molecule has 156 valence electrons. The number of anilines is 1. The van der Waals surface area contributed by atoms with E-state index in [0.717, 1.165) is 53.6 Å². The summed E-state index contributed by atoms with van der Waals surface area (Å²) in [5, 5.41) is 8.60. The summed E-state index contributed by atoms with van der Waals surface area (Å²) in [5.74, 6) is 1.97. The van der Waals surface area contributed by atoms with Gasteiger partial charge in [-0.1, -0.05) is 36.4 Å². The Labute approximate surface area is 182 Å². The smallest absolute Gasteiger partial charge is 0.133 e. The van der Waals surface area contributed by atoms with Gasteiger partial charge < -0.3 is 10.1 Å². The minimum absolute atomic E-state index is 0.563. The van der Waals surface area contributed by atoms with Gasteiger partial charge in [0.05, 0.1) is 11.4 Å². The zero-order valence-corrected chi connectivity index (χ0v) is 17.5. The fourth-order valence-electron chi connectivity index (χ4n) is 4.00. The van der Waals surface area contributed by atoms with Gasteiger partial charge in [-0.3, -0.25) is 4.98 Å². The molecule has 5 nitrogen and oxygen atoms in total. The molecule has 0 saturated heterocycles. The van der Waals surface area contributed by atoms with E-state index in [-0.39, 0.29) is 0 Å². The standard InChI is InChI=1S/C26H26N4O/c1-2-8-20(9-3-1)19-31-23-14-12-22(13-15-23)30-26-24(11-5-7-17-28-26)25(29-30)18-21-10-4-6-16-27-21/h1-4,6,8-10,12-16,28H,5,7,11,17-19H2. The maximum atomic E-state index is 5.95. The van der Waals surface area contributed by atoms with Gasteiger partial charge in [-0.2, -0.15) is 5.10 Å². The molecule has 0 radical (unpaired) electrons. The molecule has 0 aliphatic carbocycles. The number of ether oxygens (including phenoxy) is 1. The van der Waals surface area contributed by atoms with E-state index < -0.39 is 0 Å². The number of nitrogens with zero attached hydrogens (tertiary/aromatic N) is 3. The highest BCUT2D eigenvalue weighted by atomic mass is 16.5. The predicted octanol–water partition coefficient (Wildman–Crippen LogP) is 5.19. The average Bonchev–Trinajstić information content (AvgIpc) is 2.99. The van der Waals surface area contributed by atoms with Crippen molar-refractivity contribution >= 4 is 5.82 Å². The van der Waals surface area contributed by atoms with Gasteiger partial charge >= 0.3 is 0 Å². The number of rotatable bonds is 6. The minimum Gasteiger partial charge on any atom is -0.489 e. The molecule has 31 heavy (non-hydrogen) atoms. The van der Waals surface area contributed by atoms with Gasteiger partial charge in [0, 0.05) is 30.4 Å². The lowest BCUT2D eigenvalue weighted by Crippen LogP contribution is -2.07. The highest BCUT2D eigenvalue weighted by Gasteiger charge is 2.21. The van der Waals surface area contributed by atoms with Crippen molar-refractivity contribution in [1.29, 1.82) is 0 Å². The van der Waals surface area contributed by atoms with Crippen LogP contribution in [-0.4, -0.2) is 21.3 Å². The molecular weight excluding hydrogens is 384 g/mol. The Morgan fingerprint density at radius 2 is 1.74 bits per heavy atom. The SMILES string of the molecule is c1ccc(COc2ccc(-n3nc(Cc4ccccn4)c4c3NCCCC4)cc2)cc1. The number of fused-ring (bicyclic) bond motifs is 1. The van der Waals surface area contributed by atoms with E-state index in [2.05, 4.69) is 40.6 Å². The molecule has 1 aliphatic rings. The first-order valence-corrected chi connectivity index (χ1v) is 10.9. The number of benzene rings is 2. The number of aromatic nitrogens is 3. The quantitative estimate of drug-likeness (QED) is 0.476. The summed E-state index contributed by atoms with van der Waals surface area (Å²) in [6, 6.07) is 24.4. The van der Waals surface area contributed by atoms with Crippen LogP contribution in [0.25, 0.3) is 5.69 Å². The second-order valence-corrected chi connectivity index (χ2v) is 7.84. The van der Waals surface area contributed by atoms with Crippen molar-refractivity contribution in [2.24, 2.45) is 0 Å². The first-order valence-electron chi connectivity index (χ1n) is 10.9. The summed E-state index contributed by atoms with van der Waals surface area (Å²) in [7, 11) is 0. The monoisotopic (exact) mass is 410 g/mol. The van der Waals surface area contributed by atoms with Crippen molar-refractivity contribution in [3.63, 3.8) is 0 Å². The van der Waals surface area contributed by atoms with Crippen LogP contribution in [0.5, 0.6) is 5.75 Å². The van der Waals surface area contributed by atoms with Crippen molar-refractivity contribution in [1.82, 2.24) is 14.8 Å². The van der Waals surface area contributed by atoms with E-state index in [1.807, 2.05) is 53.3 Å². The van der Waals surface area contributed by atoms with Crippen LogP contribution in [0.2, 0.25) is 0 Å². The van der Waals surface area contributed by atoms with E-state index >= 15 is 0 Å². The van der Waals surface area contributed by atoms with Crippen LogP contribution in [0.3, 0.4) is 0 Å². The molecule has 0 fully saturated rings. The second kappa shape index (κ2) is 9.04. The summed E-state index contributed by atoms with van der Waals surface area (Å²) in [5.41, 5.74) is 5.65. The van der Waals surface area contributed by atoms with E-state index in [1.165, 1.54) is 18.4 Å². The molecule has 1 N–H and O–H groups in total. The highest BCUT2D eigenvalue weighted by Crippen LogP contribution is 2.30. The van der Waals surface area contributed by atoms with E-state index in [4.69, 9.17) is 9.84 Å². The van der Waals surface area contributed by atoms with Crippen molar-refractivity contribution < 1.29 is 4.74 Å². The summed E-state index contributed by atoms with van der Waals surface area (Å²) in [6.07, 6.45) is 5.98. The van der Waals surface area contributed by atoms with Gasteiger partial charge in [-0.25, -0.2) is 4.68 Å². The van der Waals surface area contributed by atoms with Gasteiger partial charge in [0.25, 0.3) is 0 Å². The average molecular weight is 411 g/mol. The number of hydrogen-bond donors (Lipinski definition) is 1. The van der Waals surface area contributed by atoms with Crippen molar-refractivity contribution in [3.8, 4) is 11.4 Å².